The number of thioether (sulfide) groups is 1. The van der Waals surface area contributed by atoms with Gasteiger partial charge in [-0.15, -0.1) is 11.8 Å². The smallest absolute Gasteiger partial charge is 0.113 e. The van der Waals surface area contributed by atoms with Crippen LogP contribution in [0.5, 0.6) is 0 Å². The van der Waals surface area contributed by atoms with E-state index in [0.29, 0.717) is 0 Å². The van der Waals surface area contributed by atoms with Crippen LogP contribution in [-0.4, -0.2) is 22.3 Å². The Labute approximate surface area is 93.8 Å². The molecule has 0 aliphatic carbocycles. The van der Waals surface area contributed by atoms with Crippen molar-refractivity contribution >= 4 is 23.8 Å². The van der Waals surface area contributed by atoms with Gasteiger partial charge in [-0.25, -0.2) is 9.98 Å². The van der Waals surface area contributed by atoms with Crippen LogP contribution in [0.15, 0.2) is 28.3 Å². The highest BCUT2D eigenvalue weighted by Crippen LogP contribution is 2.19. The number of nitrogens with zero attached hydrogens (tertiary/aromatic N) is 2. The zero-order valence-corrected chi connectivity index (χ0v) is 9.50. The van der Waals surface area contributed by atoms with Crippen LogP contribution in [0.3, 0.4) is 0 Å². The molecule has 0 spiro atoms. The highest BCUT2D eigenvalue weighted by atomic mass is 32.2. The lowest BCUT2D eigenvalue weighted by Gasteiger charge is -1.99. The Hall–Kier alpha value is -1.07. The summed E-state index contributed by atoms with van der Waals surface area (Å²) < 4.78 is 0. The molecule has 1 heterocycles. The third-order valence-corrected chi connectivity index (χ3v) is 2.77. The summed E-state index contributed by atoms with van der Waals surface area (Å²) in [4.78, 5) is 8.15. The van der Waals surface area contributed by atoms with E-state index in [1.807, 2.05) is 17.6 Å². The molecular weight excluding hydrogens is 210 g/mol. The fourth-order valence-corrected chi connectivity index (χ4v) is 1.89. The molecule has 0 atom stereocenters. The second kappa shape index (κ2) is 7.25. The average Bonchev–Trinajstić information content (AvgIpc) is 2.28. The molecule has 0 saturated carbocycles. The summed E-state index contributed by atoms with van der Waals surface area (Å²) >= 11 is 1.75. The Morgan fingerprint density at radius 1 is 1.60 bits per heavy atom. The number of nitrogens with one attached hydrogen (secondary N) is 1. The number of unbranched alkanes of at least 4 members (excludes halogenated alkanes) is 1. The van der Waals surface area contributed by atoms with Crippen molar-refractivity contribution in [1.29, 1.82) is 0 Å². The molecule has 0 aromatic carbocycles. The third kappa shape index (κ3) is 4.80. The maximum absolute atomic E-state index is 8.30. The van der Waals surface area contributed by atoms with Crippen molar-refractivity contribution in [2.75, 3.05) is 5.75 Å². The molecule has 0 saturated heterocycles. The van der Waals surface area contributed by atoms with Gasteiger partial charge in [-0.05, 0) is 24.3 Å². The Bertz CT molecular complexity index is 300. The van der Waals surface area contributed by atoms with Crippen LogP contribution >= 0.6 is 11.8 Å². The largest absolute Gasteiger partial charge is 0.290 e. The predicted molar refractivity (Wildman–Crippen MR) is 62.9 cm³/mol. The summed E-state index contributed by atoms with van der Waals surface area (Å²) in [6.45, 7) is 2.17. The van der Waals surface area contributed by atoms with E-state index in [0.717, 1.165) is 16.5 Å². The van der Waals surface area contributed by atoms with Crippen molar-refractivity contribution in [2.24, 2.45) is 4.99 Å². The number of hydroxylamine groups is 1. The van der Waals surface area contributed by atoms with Crippen LogP contribution in [0, 0.1) is 0 Å². The van der Waals surface area contributed by atoms with E-state index >= 15 is 0 Å². The van der Waals surface area contributed by atoms with Crippen molar-refractivity contribution in [3.05, 3.63) is 18.3 Å². The van der Waals surface area contributed by atoms with E-state index in [1.54, 1.807) is 18.0 Å². The molecule has 0 radical (unpaired) electrons. The lowest BCUT2D eigenvalue weighted by Crippen LogP contribution is -2.00. The lowest BCUT2D eigenvalue weighted by molar-refractivity contribution is 0.240. The molecule has 0 amide bonds. The number of rotatable bonds is 6. The minimum Gasteiger partial charge on any atom is -0.290 e. The topological polar surface area (TPSA) is 57.5 Å². The van der Waals surface area contributed by atoms with Gasteiger partial charge in [0.15, 0.2) is 0 Å². The molecule has 0 aliphatic heterocycles. The zero-order chi connectivity index (χ0) is 10.9. The van der Waals surface area contributed by atoms with Gasteiger partial charge in [0.1, 0.15) is 6.34 Å². The standard InChI is InChI=1S/C10H15N3OS/c1-2-3-6-15-10-5-4-9(7-11-10)12-8-13-14/h4-5,7-8,14H,2-3,6H2,1H3,(H,12,13). The molecular formula is C10H15N3OS. The number of hydrogen-bond donors (Lipinski definition) is 2. The highest BCUT2D eigenvalue weighted by Gasteiger charge is 1.95. The van der Waals surface area contributed by atoms with E-state index in [1.165, 1.54) is 19.2 Å². The third-order valence-electron chi connectivity index (χ3n) is 1.74. The maximum Gasteiger partial charge on any atom is 0.113 e. The summed E-state index contributed by atoms with van der Waals surface area (Å²) in [5.74, 6) is 1.10. The first-order valence-corrected chi connectivity index (χ1v) is 5.86. The molecule has 82 valence electrons. The van der Waals surface area contributed by atoms with Gasteiger partial charge in [0.05, 0.1) is 16.9 Å². The van der Waals surface area contributed by atoms with Crippen LogP contribution < -0.4 is 5.48 Å². The molecule has 0 bridgehead atoms. The first-order chi connectivity index (χ1) is 7.36. The van der Waals surface area contributed by atoms with Crippen LogP contribution in [-0.2, 0) is 0 Å². The molecule has 0 aliphatic rings. The lowest BCUT2D eigenvalue weighted by atomic mass is 10.4. The molecule has 1 aromatic heterocycles. The molecule has 4 nitrogen and oxygen atoms in total. The van der Waals surface area contributed by atoms with E-state index in [4.69, 9.17) is 5.21 Å². The van der Waals surface area contributed by atoms with Crippen molar-refractivity contribution in [1.82, 2.24) is 10.5 Å². The van der Waals surface area contributed by atoms with Crippen molar-refractivity contribution in [3.8, 4) is 0 Å². The highest BCUT2D eigenvalue weighted by molar-refractivity contribution is 7.99. The van der Waals surface area contributed by atoms with Gasteiger partial charge in [-0.1, -0.05) is 13.3 Å². The first-order valence-electron chi connectivity index (χ1n) is 4.88. The Kier molecular flexibility index (Phi) is 5.80. The Morgan fingerprint density at radius 2 is 2.47 bits per heavy atom. The Balaban J connectivity index is 2.45. The van der Waals surface area contributed by atoms with E-state index in [-0.39, 0.29) is 0 Å². The first kappa shape index (κ1) is 12.0. The van der Waals surface area contributed by atoms with Gasteiger partial charge in [0.25, 0.3) is 0 Å². The van der Waals surface area contributed by atoms with Crippen LogP contribution in [0.1, 0.15) is 19.8 Å². The van der Waals surface area contributed by atoms with Gasteiger partial charge < -0.3 is 0 Å². The minimum absolute atomic E-state index is 0.719. The number of aliphatic imine (C=N–C) groups is 1. The second-order valence-electron chi connectivity index (χ2n) is 2.94. The summed E-state index contributed by atoms with van der Waals surface area (Å²) in [5, 5.41) is 9.31. The normalized spacial score (nSPS) is 10.8. The summed E-state index contributed by atoms with van der Waals surface area (Å²) in [6, 6.07) is 3.81. The van der Waals surface area contributed by atoms with Crippen molar-refractivity contribution in [2.45, 2.75) is 24.8 Å². The number of hydrogen-bond acceptors (Lipinski definition) is 4. The molecule has 15 heavy (non-hydrogen) atoms. The number of pyridine rings is 1. The van der Waals surface area contributed by atoms with Gasteiger partial charge >= 0.3 is 0 Å². The van der Waals surface area contributed by atoms with Crippen LogP contribution in [0.2, 0.25) is 0 Å². The summed E-state index contributed by atoms with van der Waals surface area (Å²) in [6.07, 6.45) is 5.31. The number of aromatic nitrogens is 1. The maximum atomic E-state index is 8.30. The SMILES string of the molecule is CCCCSc1ccc(N=CNO)cn1. The molecule has 2 N–H and O–H groups in total. The quantitative estimate of drug-likeness (QED) is 0.257. The molecule has 0 unspecified atom stereocenters. The minimum atomic E-state index is 0.719. The van der Waals surface area contributed by atoms with Gasteiger partial charge in [-0.2, -0.15) is 0 Å². The fraction of sp³-hybridized carbons (Fsp3) is 0.400. The summed E-state index contributed by atoms with van der Waals surface area (Å²) in [5.41, 5.74) is 2.57. The van der Waals surface area contributed by atoms with E-state index in [9.17, 15) is 0 Å². The molecule has 1 aromatic rings. The molecule has 5 heteroatoms. The monoisotopic (exact) mass is 225 g/mol. The van der Waals surface area contributed by atoms with E-state index < -0.39 is 0 Å². The van der Waals surface area contributed by atoms with Crippen LogP contribution in [0.25, 0.3) is 0 Å². The van der Waals surface area contributed by atoms with E-state index in [2.05, 4.69) is 16.9 Å². The van der Waals surface area contributed by atoms with Gasteiger partial charge in [0, 0.05) is 0 Å². The summed E-state index contributed by atoms with van der Waals surface area (Å²) in [7, 11) is 0. The second-order valence-corrected chi connectivity index (χ2v) is 4.06. The Morgan fingerprint density at radius 3 is 3.07 bits per heavy atom. The van der Waals surface area contributed by atoms with Crippen molar-refractivity contribution in [3.63, 3.8) is 0 Å². The van der Waals surface area contributed by atoms with Crippen molar-refractivity contribution < 1.29 is 5.21 Å². The van der Waals surface area contributed by atoms with Gasteiger partial charge in [0.2, 0.25) is 0 Å². The molecule has 1 rings (SSSR count). The predicted octanol–water partition coefficient (Wildman–Crippen LogP) is 2.61. The van der Waals surface area contributed by atoms with Crippen LogP contribution in [0.4, 0.5) is 5.69 Å². The average molecular weight is 225 g/mol. The zero-order valence-electron chi connectivity index (χ0n) is 8.68. The fourth-order valence-electron chi connectivity index (χ4n) is 0.959. The van der Waals surface area contributed by atoms with Gasteiger partial charge in [-0.3, -0.25) is 10.7 Å². The molecule has 0 fully saturated rings.